The molecule has 1 unspecified atom stereocenters. The van der Waals surface area contributed by atoms with E-state index in [4.69, 9.17) is 0 Å². The number of hydrogen-bond donors (Lipinski definition) is 0. The molecular weight excluding hydrogens is 280 g/mol. The molecular formula is C17H26N2O3. The summed E-state index contributed by atoms with van der Waals surface area (Å²) >= 11 is 0. The summed E-state index contributed by atoms with van der Waals surface area (Å²) in [5.41, 5.74) is -1.17. The molecule has 4 amide bonds. The second kappa shape index (κ2) is 7.38. The highest BCUT2D eigenvalue weighted by Gasteiger charge is 2.58. The Bertz CT molecular complexity index is 452. The smallest absolute Gasteiger partial charge is 0.273 e. The molecule has 0 aromatic rings. The van der Waals surface area contributed by atoms with Crippen LogP contribution in [0.15, 0.2) is 25.3 Å². The third-order valence-electron chi connectivity index (χ3n) is 4.46. The van der Waals surface area contributed by atoms with Crippen LogP contribution < -0.4 is 0 Å². The van der Waals surface area contributed by atoms with Crippen LogP contribution in [0.5, 0.6) is 0 Å². The molecule has 0 saturated carbocycles. The van der Waals surface area contributed by atoms with E-state index in [9.17, 15) is 14.4 Å². The lowest BCUT2D eigenvalue weighted by Crippen LogP contribution is -2.66. The lowest BCUT2D eigenvalue weighted by Gasteiger charge is -2.46. The number of urea groups is 1. The first kappa shape index (κ1) is 18.1. The number of imide groups is 2. The zero-order chi connectivity index (χ0) is 16.9. The summed E-state index contributed by atoms with van der Waals surface area (Å²) in [5, 5.41) is 0. The van der Waals surface area contributed by atoms with Gasteiger partial charge in [-0.2, -0.15) is 0 Å². The van der Waals surface area contributed by atoms with Crippen LogP contribution in [-0.4, -0.2) is 40.7 Å². The molecule has 0 radical (unpaired) electrons. The van der Waals surface area contributed by atoms with Gasteiger partial charge in [-0.25, -0.2) is 4.79 Å². The third kappa shape index (κ3) is 2.72. The number of rotatable bonds is 8. The van der Waals surface area contributed by atoms with Crippen LogP contribution in [0.1, 0.15) is 40.0 Å². The molecule has 1 fully saturated rings. The van der Waals surface area contributed by atoms with E-state index in [0.717, 1.165) is 22.6 Å². The van der Waals surface area contributed by atoms with Gasteiger partial charge in [-0.05, 0) is 18.8 Å². The maximum Gasteiger partial charge on any atom is 0.334 e. The second-order valence-corrected chi connectivity index (χ2v) is 5.71. The Hall–Kier alpha value is -1.91. The predicted molar refractivity (Wildman–Crippen MR) is 86.0 cm³/mol. The van der Waals surface area contributed by atoms with Crippen molar-refractivity contribution in [2.45, 2.75) is 40.0 Å². The van der Waals surface area contributed by atoms with Crippen molar-refractivity contribution in [1.29, 1.82) is 0 Å². The summed E-state index contributed by atoms with van der Waals surface area (Å²) in [4.78, 5) is 40.6. The van der Waals surface area contributed by atoms with Crippen molar-refractivity contribution >= 4 is 17.8 Å². The zero-order valence-electron chi connectivity index (χ0n) is 13.8. The highest BCUT2D eigenvalue weighted by molar-refractivity contribution is 6.19. The number of hydrogen-bond acceptors (Lipinski definition) is 3. The molecule has 122 valence electrons. The average Bonchev–Trinajstić information content (AvgIpc) is 2.49. The highest BCUT2D eigenvalue weighted by Crippen LogP contribution is 2.41. The van der Waals surface area contributed by atoms with Gasteiger partial charge in [-0.1, -0.05) is 39.3 Å². The molecule has 0 bridgehead atoms. The van der Waals surface area contributed by atoms with Gasteiger partial charge < -0.3 is 0 Å². The van der Waals surface area contributed by atoms with Gasteiger partial charge in [0.1, 0.15) is 5.41 Å². The molecule has 22 heavy (non-hydrogen) atoms. The Morgan fingerprint density at radius 2 is 1.50 bits per heavy atom. The van der Waals surface area contributed by atoms with Gasteiger partial charge in [-0.3, -0.25) is 19.4 Å². The molecule has 1 rings (SSSR count). The van der Waals surface area contributed by atoms with Gasteiger partial charge >= 0.3 is 6.03 Å². The molecule has 0 aromatic heterocycles. The first-order valence-corrected chi connectivity index (χ1v) is 7.81. The van der Waals surface area contributed by atoms with E-state index in [2.05, 4.69) is 13.2 Å². The van der Waals surface area contributed by atoms with Crippen LogP contribution in [-0.2, 0) is 9.59 Å². The molecule has 1 atom stereocenters. The molecule has 5 nitrogen and oxygen atoms in total. The van der Waals surface area contributed by atoms with Crippen molar-refractivity contribution in [3.63, 3.8) is 0 Å². The first-order chi connectivity index (χ1) is 10.4. The quantitative estimate of drug-likeness (QED) is 0.511. The van der Waals surface area contributed by atoms with E-state index >= 15 is 0 Å². The van der Waals surface area contributed by atoms with Crippen molar-refractivity contribution in [1.82, 2.24) is 9.80 Å². The standard InChI is InChI=1S/C17H26N2O3/c1-6-10-13(5)17(9-4)14(20)18(11-7-2)16(22)19(12-8-3)15(17)21/h7-8,13H,2-3,6,9-12H2,1,4-5H3. The summed E-state index contributed by atoms with van der Waals surface area (Å²) in [6.45, 7) is 13.2. The normalized spacial score (nSPS) is 19.3. The molecule has 0 aromatic carbocycles. The molecule has 0 N–H and O–H groups in total. The van der Waals surface area contributed by atoms with Crippen molar-refractivity contribution in [2.75, 3.05) is 13.1 Å². The molecule has 0 spiro atoms. The van der Waals surface area contributed by atoms with E-state index in [1.54, 1.807) is 0 Å². The Labute approximate surface area is 132 Å². The summed E-state index contributed by atoms with van der Waals surface area (Å²) in [6, 6.07) is -0.581. The summed E-state index contributed by atoms with van der Waals surface area (Å²) in [7, 11) is 0. The lowest BCUT2D eigenvalue weighted by atomic mass is 9.69. The fraction of sp³-hybridized carbons (Fsp3) is 0.588. The second-order valence-electron chi connectivity index (χ2n) is 5.71. The monoisotopic (exact) mass is 306 g/mol. The topological polar surface area (TPSA) is 57.7 Å². The Morgan fingerprint density at radius 1 is 1.05 bits per heavy atom. The predicted octanol–water partition coefficient (Wildman–Crippen LogP) is 2.98. The van der Waals surface area contributed by atoms with Crippen molar-refractivity contribution in [2.24, 2.45) is 11.3 Å². The average molecular weight is 306 g/mol. The minimum absolute atomic E-state index is 0.110. The Morgan fingerprint density at radius 3 is 1.82 bits per heavy atom. The van der Waals surface area contributed by atoms with E-state index < -0.39 is 23.3 Å². The fourth-order valence-electron chi connectivity index (χ4n) is 3.22. The summed E-state index contributed by atoms with van der Waals surface area (Å²) < 4.78 is 0. The number of barbiturate groups is 1. The Kier molecular flexibility index (Phi) is 6.09. The first-order valence-electron chi connectivity index (χ1n) is 7.81. The minimum Gasteiger partial charge on any atom is -0.273 e. The van der Waals surface area contributed by atoms with Gasteiger partial charge in [0.2, 0.25) is 11.8 Å². The molecule has 1 aliphatic heterocycles. The fourth-order valence-corrected chi connectivity index (χ4v) is 3.22. The van der Waals surface area contributed by atoms with E-state index in [1.165, 1.54) is 12.2 Å². The third-order valence-corrected chi connectivity index (χ3v) is 4.46. The van der Waals surface area contributed by atoms with Gasteiger partial charge in [-0.15, -0.1) is 13.2 Å². The van der Waals surface area contributed by atoms with Crippen LogP contribution in [0, 0.1) is 11.3 Å². The van der Waals surface area contributed by atoms with Crippen LogP contribution in [0.2, 0.25) is 0 Å². The van der Waals surface area contributed by atoms with Crippen molar-refractivity contribution < 1.29 is 14.4 Å². The van der Waals surface area contributed by atoms with E-state index in [-0.39, 0.29) is 19.0 Å². The van der Waals surface area contributed by atoms with E-state index in [1.807, 2.05) is 20.8 Å². The largest absolute Gasteiger partial charge is 0.334 e. The number of amides is 4. The molecule has 1 heterocycles. The van der Waals surface area contributed by atoms with Gasteiger partial charge in [0.25, 0.3) is 0 Å². The molecule has 1 aliphatic rings. The number of carbonyl (C=O) groups excluding carboxylic acids is 3. The summed E-state index contributed by atoms with van der Waals surface area (Å²) in [6.07, 6.45) is 5.01. The van der Waals surface area contributed by atoms with Gasteiger partial charge in [0.05, 0.1) is 0 Å². The van der Waals surface area contributed by atoms with Crippen LogP contribution in [0.4, 0.5) is 4.79 Å². The molecule has 1 saturated heterocycles. The van der Waals surface area contributed by atoms with Crippen molar-refractivity contribution in [3.05, 3.63) is 25.3 Å². The summed E-state index contributed by atoms with van der Waals surface area (Å²) in [5.74, 6) is -0.924. The molecule has 0 aliphatic carbocycles. The van der Waals surface area contributed by atoms with Gasteiger partial charge in [0.15, 0.2) is 0 Å². The maximum atomic E-state index is 12.9. The maximum absolute atomic E-state index is 12.9. The number of carbonyl (C=O) groups is 3. The van der Waals surface area contributed by atoms with Crippen molar-refractivity contribution in [3.8, 4) is 0 Å². The lowest BCUT2D eigenvalue weighted by molar-refractivity contribution is -0.162. The minimum atomic E-state index is -1.17. The highest BCUT2D eigenvalue weighted by atomic mass is 16.2. The van der Waals surface area contributed by atoms with Crippen LogP contribution >= 0.6 is 0 Å². The SMILES string of the molecule is C=CCN1C(=O)N(CC=C)C(=O)C(CC)(C(C)CCC)C1=O. The zero-order valence-corrected chi connectivity index (χ0v) is 13.8. The number of nitrogens with zero attached hydrogens (tertiary/aromatic N) is 2. The van der Waals surface area contributed by atoms with E-state index in [0.29, 0.717) is 6.42 Å². The van der Waals surface area contributed by atoms with Gasteiger partial charge in [0, 0.05) is 13.1 Å². The van der Waals surface area contributed by atoms with Crippen LogP contribution in [0.3, 0.4) is 0 Å². The Balaban J connectivity index is 3.40. The van der Waals surface area contributed by atoms with Crippen LogP contribution in [0.25, 0.3) is 0 Å². The molecule has 5 heteroatoms.